The van der Waals surface area contributed by atoms with Crippen LogP contribution in [0.25, 0.3) is 11.3 Å². The first kappa shape index (κ1) is 23.8. The number of H-pyrrole nitrogens is 1. The molecule has 9 heteroatoms. The summed E-state index contributed by atoms with van der Waals surface area (Å²) in [5.74, 6) is 1.96. The number of halogens is 1. The van der Waals surface area contributed by atoms with Crippen LogP contribution in [0.4, 0.5) is 0 Å². The highest BCUT2D eigenvalue weighted by Crippen LogP contribution is 2.46. The molecule has 0 fully saturated rings. The van der Waals surface area contributed by atoms with Gasteiger partial charge in [0, 0.05) is 16.1 Å². The molecule has 2 aromatic carbocycles. The van der Waals surface area contributed by atoms with Crippen LogP contribution in [0.1, 0.15) is 47.3 Å². The Balaban J connectivity index is 1.64. The quantitative estimate of drug-likeness (QED) is 0.312. The fourth-order valence-corrected chi connectivity index (χ4v) is 4.58. The van der Waals surface area contributed by atoms with E-state index in [1.165, 1.54) is 6.07 Å². The highest BCUT2D eigenvalue weighted by Gasteiger charge is 2.43. The fraction of sp³-hybridized carbons (Fsp3) is 0.259. The monoisotopic (exact) mass is 507 g/mol. The highest BCUT2D eigenvalue weighted by molar-refractivity contribution is 6.31. The number of hydrogen-bond acceptors (Lipinski definition) is 6. The van der Waals surface area contributed by atoms with Crippen molar-refractivity contribution in [3.8, 4) is 28.5 Å². The van der Waals surface area contributed by atoms with Crippen LogP contribution < -0.4 is 9.47 Å². The predicted molar refractivity (Wildman–Crippen MR) is 134 cm³/mol. The minimum Gasteiger partial charge on any atom is -0.507 e. The van der Waals surface area contributed by atoms with E-state index >= 15 is 0 Å². The van der Waals surface area contributed by atoms with Gasteiger partial charge in [-0.05, 0) is 53.9 Å². The van der Waals surface area contributed by atoms with E-state index in [0.29, 0.717) is 57.3 Å². The van der Waals surface area contributed by atoms with Crippen molar-refractivity contribution in [1.29, 1.82) is 0 Å². The molecule has 1 atom stereocenters. The molecule has 2 N–H and O–H groups in total. The number of hydrogen-bond donors (Lipinski definition) is 2. The zero-order valence-electron chi connectivity index (χ0n) is 20.1. The molecule has 3 heterocycles. The molecule has 1 amide bonds. The molecule has 1 aliphatic heterocycles. The molecule has 0 bridgehead atoms. The van der Waals surface area contributed by atoms with Crippen molar-refractivity contribution in [2.75, 3.05) is 13.7 Å². The van der Waals surface area contributed by atoms with Crippen LogP contribution in [-0.4, -0.2) is 39.8 Å². The Morgan fingerprint density at radius 3 is 2.75 bits per heavy atom. The minimum atomic E-state index is -0.530. The number of nitrogens with zero attached hydrogens (tertiary/aromatic N) is 2. The predicted octanol–water partition coefficient (Wildman–Crippen LogP) is 5.82. The number of carbonyl (C=O) groups is 1. The van der Waals surface area contributed by atoms with Crippen LogP contribution in [0.15, 0.2) is 59.2 Å². The number of aromatic nitrogens is 2. The lowest BCUT2D eigenvalue weighted by Crippen LogP contribution is -2.29. The van der Waals surface area contributed by atoms with Gasteiger partial charge in [-0.2, -0.15) is 5.10 Å². The van der Waals surface area contributed by atoms with Crippen LogP contribution >= 0.6 is 11.6 Å². The largest absolute Gasteiger partial charge is 0.507 e. The van der Waals surface area contributed by atoms with E-state index in [0.717, 1.165) is 5.56 Å². The van der Waals surface area contributed by atoms with Crippen LogP contribution in [0.3, 0.4) is 0 Å². The number of carbonyl (C=O) groups excluding carboxylic acids is 1. The van der Waals surface area contributed by atoms with Gasteiger partial charge in [-0.15, -0.1) is 0 Å². The molecule has 2 aromatic heterocycles. The second-order valence-corrected chi connectivity index (χ2v) is 9.49. The summed E-state index contributed by atoms with van der Waals surface area (Å²) in [5.41, 5.74) is 2.67. The Morgan fingerprint density at radius 2 is 2.03 bits per heavy atom. The molecule has 0 saturated carbocycles. The van der Waals surface area contributed by atoms with Gasteiger partial charge >= 0.3 is 0 Å². The number of methoxy groups -OCH3 is 1. The van der Waals surface area contributed by atoms with E-state index in [2.05, 4.69) is 24.0 Å². The van der Waals surface area contributed by atoms with Crippen molar-refractivity contribution in [2.24, 2.45) is 5.92 Å². The maximum Gasteiger partial charge on any atom is 0.273 e. The van der Waals surface area contributed by atoms with Gasteiger partial charge in [0.15, 0.2) is 11.5 Å². The molecule has 4 aromatic rings. The average molecular weight is 508 g/mol. The van der Waals surface area contributed by atoms with Gasteiger partial charge in [-0.25, -0.2) is 0 Å². The van der Waals surface area contributed by atoms with Crippen molar-refractivity contribution in [3.63, 3.8) is 0 Å². The third kappa shape index (κ3) is 4.28. The van der Waals surface area contributed by atoms with Crippen LogP contribution in [0.2, 0.25) is 5.02 Å². The van der Waals surface area contributed by atoms with E-state index in [4.69, 9.17) is 25.5 Å². The van der Waals surface area contributed by atoms with Gasteiger partial charge in [-0.3, -0.25) is 9.89 Å². The van der Waals surface area contributed by atoms with Crippen molar-refractivity contribution < 1.29 is 23.8 Å². The summed E-state index contributed by atoms with van der Waals surface area (Å²) in [6, 6.07) is 13.4. The SMILES string of the molecule is COc1cc(C2c3c(-c4cc(Cl)ccc4O)n[nH]c3C(=O)N2Cc2ccco2)ccc1OCC(C)C. The Kier molecular flexibility index (Phi) is 6.36. The lowest BCUT2D eigenvalue weighted by molar-refractivity contribution is 0.0716. The Bertz CT molecular complexity index is 1400. The molecule has 0 spiro atoms. The first-order valence-electron chi connectivity index (χ1n) is 11.6. The van der Waals surface area contributed by atoms with Crippen LogP contribution in [0.5, 0.6) is 17.2 Å². The number of rotatable bonds is 8. The summed E-state index contributed by atoms with van der Waals surface area (Å²) in [6.07, 6.45) is 1.57. The van der Waals surface area contributed by atoms with Gasteiger partial charge in [0.25, 0.3) is 5.91 Å². The second kappa shape index (κ2) is 9.62. The van der Waals surface area contributed by atoms with E-state index in [9.17, 15) is 9.90 Å². The molecule has 8 nitrogen and oxygen atoms in total. The number of benzene rings is 2. The molecule has 0 saturated heterocycles. The molecular weight excluding hydrogens is 482 g/mol. The maximum absolute atomic E-state index is 13.6. The van der Waals surface area contributed by atoms with Gasteiger partial charge in [-0.1, -0.05) is 31.5 Å². The molecule has 0 radical (unpaired) electrons. The summed E-state index contributed by atoms with van der Waals surface area (Å²) in [7, 11) is 1.58. The number of aromatic amines is 1. The number of phenols is 1. The molecule has 186 valence electrons. The third-order valence-electron chi connectivity index (χ3n) is 6.06. The van der Waals surface area contributed by atoms with E-state index in [-0.39, 0.29) is 18.2 Å². The van der Waals surface area contributed by atoms with Crippen LogP contribution in [0, 0.1) is 5.92 Å². The Hall–Kier alpha value is -3.91. The smallest absolute Gasteiger partial charge is 0.273 e. The summed E-state index contributed by atoms with van der Waals surface area (Å²) in [4.78, 5) is 15.3. The number of aromatic hydroxyl groups is 1. The standard InChI is InChI=1S/C27H26ClN3O5/c1-15(2)14-36-21-9-6-16(11-22(21)34-3)26-23-24(19-12-17(28)7-8-20(19)32)29-30-25(23)27(33)31(26)13-18-5-4-10-35-18/h4-12,15,26,32H,13-14H2,1-3H3,(H,29,30). The van der Waals surface area contributed by atoms with Gasteiger partial charge in [0.1, 0.15) is 22.9 Å². The number of furan rings is 1. The summed E-state index contributed by atoms with van der Waals surface area (Å²) >= 11 is 6.23. The lowest BCUT2D eigenvalue weighted by Gasteiger charge is -2.26. The Morgan fingerprint density at radius 1 is 1.19 bits per heavy atom. The molecule has 5 rings (SSSR count). The average Bonchev–Trinajstić information content (AvgIpc) is 3.59. The van der Waals surface area contributed by atoms with E-state index in [1.54, 1.807) is 36.5 Å². The number of ether oxygens (including phenoxy) is 2. The van der Waals surface area contributed by atoms with Crippen molar-refractivity contribution in [3.05, 3.63) is 82.4 Å². The third-order valence-corrected chi connectivity index (χ3v) is 6.29. The van der Waals surface area contributed by atoms with Gasteiger partial charge in [0.05, 0.1) is 32.6 Å². The highest BCUT2D eigenvalue weighted by atomic mass is 35.5. The Labute approximate surface area is 213 Å². The lowest BCUT2D eigenvalue weighted by atomic mass is 9.95. The van der Waals surface area contributed by atoms with Gasteiger partial charge < -0.3 is 23.9 Å². The number of phenolic OH excluding ortho intramolecular Hbond substituents is 1. The number of nitrogens with one attached hydrogen (secondary N) is 1. The first-order chi connectivity index (χ1) is 17.4. The van der Waals surface area contributed by atoms with Crippen molar-refractivity contribution in [2.45, 2.75) is 26.4 Å². The first-order valence-corrected chi connectivity index (χ1v) is 12.0. The fourth-order valence-electron chi connectivity index (χ4n) is 4.41. The summed E-state index contributed by atoms with van der Waals surface area (Å²) in [6.45, 7) is 4.94. The minimum absolute atomic E-state index is 0.0133. The zero-order chi connectivity index (χ0) is 25.4. The second-order valence-electron chi connectivity index (χ2n) is 9.05. The molecule has 36 heavy (non-hydrogen) atoms. The maximum atomic E-state index is 13.6. The summed E-state index contributed by atoms with van der Waals surface area (Å²) < 4.78 is 17.1. The number of amides is 1. The van der Waals surface area contributed by atoms with Crippen molar-refractivity contribution in [1.82, 2.24) is 15.1 Å². The molecule has 0 aliphatic carbocycles. The molecule has 1 aliphatic rings. The number of fused-ring (bicyclic) bond motifs is 1. The van der Waals surface area contributed by atoms with E-state index < -0.39 is 6.04 Å². The van der Waals surface area contributed by atoms with E-state index in [1.807, 2.05) is 24.3 Å². The van der Waals surface area contributed by atoms with Gasteiger partial charge in [0.2, 0.25) is 0 Å². The van der Waals surface area contributed by atoms with Crippen LogP contribution in [-0.2, 0) is 6.54 Å². The normalized spacial score (nSPS) is 15.0. The zero-order valence-corrected chi connectivity index (χ0v) is 20.9. The molecular formula is C27H26ClN3O5. The van der Waals surface area contributed by atoms with Crippen molar-refractivity contribution >= 4 is 17.5 Å². The molecule has 1 unspecified atom stereocenters. The topological polar surface area (TPSA) is 101 Å². The summed E-state index contributed by atoms with van der Waals surface area (Å²) in [5, 5.41) is 18.3.